The smallest absolute Gasteiger partial charge is 0.266 e. The second kappa shape index (κ2) is 3.81. The number of hydrogen-bond acceptors (Lipinski definition) is 3. The first kappa shape index (κ1) is 9.39. The van der Waals surface area contributed by atoms with Crippen molar-refractivity contribution in [2.75, 3.05) is 7.11 Å². The van der Waals surface area contributed by atoms with Crippen molar-refractivity contribution >= 4 is 0 Å². The molecule has 0 amide bonds. The second-order valence-corrected chi connectivity index (χ2v) is 2.20. The van der Waals surface area contributed by atoms with Crippen LogP contribution >= 0.6 is 0 Å². The molecule has 0 aromatic carbocycles. The number of hydrogen-bond donors (Lipinski definition) is 0. The van der Waals surface area contributed by atoms with E-state index in [1.807, 2.05) is 0 Å². The summed E-state index contributed by atoms with van der Waals surface area (Å²) in [4.78, 5) is 3.57. The highest BCUT2D eigenvalue weighted by molar-refractivity contribution is 5.35. The van der Waals surface area contributed by atoms with Crippen LogP contribution < -0.4 is 4.74 Å². The molecule has 0 atom stereocenters. The lowest BCUT2D eigenvalue weighted by Gasteiger charge is -2.03. The first-order valence-corrected chi connectivity index (χ1v) is 3.42. The zero-order valence-electron chi connectivity index (χ0n) is 6.79. The van der Waals surface area contributed by atoms with Gasteiger partial charge in [0.2, 0.25) is 5.88 Å². The minimum atomic E-state index is -2.69. The Hall–Kier alpha value is -1.70. The minimum Gasteiger partial charge on any atom is -0.481 e. The van der Waals surface area contributed by atoms with E-state index in [1.54, 1.807) is 6.07 Å². The highest BCUT2D eigenvalue weighted by atomic mass is 19.3. The van der Waals surface area contributed by atoms with E-state index in [0.717, 1.165) is 6.07 Å². The molecule has 0 bridgehead atoms. The van der Waals surface area contributed by atoms with Gasteiger partial charge in [0, 0.05) is 6.07 Å². The molecule has 68 valence electrons. The van der Waals surface area contributed by atoms with Crippen LogP contribution in [0.4, 0.5) is 8.78 Å². The zero-order chi connectivity index (χ0) is 9.84. The fourth-order valence-corrected chi connectivity index (χ4v) is 0.831. The lowest BCUT2D eigenvalue weighted by molar-refractivity contribution is 0.150. The SMILES string of the molecule is COc1ccc(C(F)F)c(C#N)n1. The molecular formula is C8H6F2N2O. The Bertz CT molecular complexity index is 346. The standard InChI is InChI=1S/C8H6F2N2O/c1-13-7-3-2-5(8(9)10)6(4-11)12-7/h2-3,8H,1H3. The molecule has 1 aromatic rings. The third-order valence-corrected chi connectivity index (χ3v) is 1.45. The maximum absolute atomic E-state index is 12.2. The van der Waals surface area contributed by atoms with Crippen LogP contribution in [0.2, 0.25) is 0 Å². The number of aromatic nitrogens is 1. The van der Waals surface area contributed by atoms with Gasteiger partial charge in [-0.05, 0) is 6.07 Å². The predicted molar refractivity (Wildman–Crippen MR) is 40.5 cm³/mol. The highest BCUT2D eigenvalue weighted by Gasteiger charge is 2.14. The predicted octanol–water partition coefficient (Wildman–Crippen LogP) is 1.90. The van der Waals surface area contributed by atoms with Crippen molar-refractivity contribution in [1.82, 2.24) is 4.98 Å². The van der Waals surface area contributed by atoms with Gasteiger partial charge in [0.1, 0.15) is 6.07 Å². The molecule has 1 rings (SSSR count). The average molecular weight is 184 g/mol. The number of nitrogens with zero attached hydrogens (tertiary/aromatic N) is 2. The van der Waals surface area contributed by atoms with E-state index in [0.29, 0.717) is 0 Å². The van der Waals surface area contributed by atoms with E-state index in [2.05, 4.69) is 9.72 Å². The van der Waals surface area contributed by atoms with Crippen LogP contribution in [0.5, 0.6) is 5.88 Å². The molecule has 13 heavy (non-hydrogen) atoms. The number of methoxy groups -OCH3 is 1. The van der Waals surface area contributed by atoms with Gasteiger partial charge in [-0.3, -0.25) is 0 Å². The fourth-order valence-electron chi connectivity index (χ4n) is 0.831. The molecule has 0 spiro atoms. The normalized spacial score (nSPS) is 9.77. The Morgan fingerprint density at radius 3 is 2.69 bits per heavy atom. The first-order valence-electron chi connectivity index (χ1n) is 3.42. The van der Waals surface area contributed by atoms with Crippen LogP contribution in [0.15, 0.2) is 12.1 Å². The van der Waals surface area contributed by atoms with Gasteiger partial charge in [0.05, 0.1) is 12.7 Å². The summed E-state index contributed by atoms with van der Waals surface area (Å²) in [6, 6.07) is 4.01. The van der Waals surface area contributed by atoms with E-state index < -0.39 is 6.43 Å². The maximum atomic E-state index is 12.2. The summed E-state index contributed by atoms with van der Waals surface area (Å²) in [5.74, 6) is 0.154. The molecular weight excluding hydrogens is 178 g/mol. The number of rotatable bonds is 2. The summed E-state index contributed by atoms with van der Waals surface area (Å²) in [6.45, 7) is 0. The molecule has 3 nitrogen and oxygen atoms in total. The first-order chi connectivity index (χ1) is 6.19. The van der Waals surface area contributed by atoms with Crippen LogP contribution in [-0.4, -0.2) is 12.1 Å². The Morgan fingerprint density at radius 1 is 1.54 bits per heavy atom. The van der Waals surface area contributed by atoms with Gasteiger partial charge in [0.15, 0.2) is 5.69 Å². The lowest BCUT2D eigenvalue weighted by Crippen LogP contribution is -1.96. The summed E-state index contributed by atoms with van der Waals surface area (Å²) in [5.41, 5.74) is -0.669. The Kier molecular flexibility index (Phi) is 2.75. The molecule has 1 heterocycles. The minimum absolute atomic E-state index is 0.154. The molecule has 5 heteroatoms. The van der Waals surface area contributed by atoms with Gasteiger partial charge >= 0.3 is 0 Å². The summed E-state index contributed by atoms with van der Waals surface area (Å²) >= 11 is 0. The quantitative estimate of drug-likeness (QED) is 0.705. The average Bonchev–Trinajstić information content (AvgIpc) is 2.16. The summed E-state index contributed by atoms with van der Waals surface area (Å²) in [5, 5.41) is 8.49. The zero-order valence-corrected chi connectivity index (χ0v) is 6.79. The molecule has 0 aliphatic rings. The van der Waals surface area contributed by atoms with Crippen molar-refractivity contribution in [3.8, 4) is 11.9 Å². The summed E-state index contributed by atoms with van der Waals surface area (Å²) in [6.07, 6.45) is -2.69. The Morgan fingerprint density at radius 2 is 2.23 bits per heavy atom. The third-order valence-electron chi connectivity index (χ3n) is 1.45. The fraction of sp³-hybridized carbons (Fsp3) is 0.250. The van der Waals surface area contributed by atoms with Gasteiger partial charge in [-0.15, -0.1) is 0 Å². The van der Waals surface area contributed by atoms with E-state index in [-0.39, 0.29) is 17.1 Å². The summed E-state index contributed by atoms with van der Waals surface area (Å²) in [7, 11) is 1.35. The molecule has 0 N–H and O–H groups in total. The van der Waals surface area contributed by atoms with Crippen LogP contribution in [0.3, 0.4) is 0 Å². The van der Waals surface area contributed by atoms with Crippen LogP contribution in [-0.2, 0) is 0 Å². The van der Waals surface area contributed by atoms with Crippen LogP contribution in [0, 0.1) is 11.3 Å². The Balaban J connectivity index is 3.18. The van der Waals surface area contributed by atoms with Crippen molar-refractivity contribution in [2.24, 2.45) is 0 Å². The summed E-state index contributed by atoms with van der Waals surface area (Å²) < 4.78 is 29.1. The number of alkyl halides is 2. The van der Waals surface area contributed by atoms with Crippen molar-refractivity contribution in [3.63, 3.8) is 0 Å². The van der Waals surface area contributed by atoms with Gasteiger partial charge in [-0.25, -0.2) is 13.8 Å². The van der Waals surface area contributed by atoms with Gasteiger partial charge in [-0.2, -0.15) is 5.26 Å². The molecule has 0 radical (unpaired) electrons. The third kappa shape index (κ3) is 1.90. The molecule has 0 aliphatic heterocycles. The van der Waals surface area contributed by atoms with E-state index in [9.17, 15) is 8.78 Å². The topological polar surface area (TPSA) is 45.9 Å². The van der Waals surface area contributed by atoms with Crippen molar-refractivity contribution in [2.45, 2.75) is 6.43 Å². The largest absolute Gasteiger partial charge is 0.481 e. The molecule has 0 unspecified atom stereocenters. The molecule has 0 fully saturated rings. The number of pyridine rings is 1. The number of ether oxygens (including phenoxy) is 1. The van der Waals surface area contributed by atoms with E-state index in [1.165, 1.54) is 13.2 Å². The highest BCUT2D eigenvalue weighted by Crippen LogP contribution is 2.23. The second-order valence-electron chi connectivity index (χ2n) is 2.20. The maximum Gasteiger partial charge on any atom is 0.266 e. The van der Waals surface area contributed by atoms with Gasteiger partial charge in [0.25, 0.3) is 6.43 Å². The monoisotopic (exact) mass is 184 g/mol. The van der Waals surface area contributed by atoms with E-state index >= 15 is 0 Å². The van der Waals surface area contributed by atoms with Gasteiger partial charge < -0.3 is 4.74 Å². The van der Waals surface area contributed by atoms with Crippen molar-refractivity contribution in [3.05, 3.63) is 23.4 Å². The van der Waals surface area contributed by atoms with Crippen molar-refractivity contribution < 1.29 is 13.5 Å². The number of halogens is 2. The molecule has 0 aliphatic carbocycles. The van der Waals surface area contributed by atoms with E-state index in [4.69, 9.17) is 5.26 Å². The molecule has 0 saturated heterocycles. The molecule has 1 aromatic heterocycles. The van der Waals surface area contributed by atoms with Gasteiger partial charge in [-0.1, -0.05) is 0 Å². The Labute approximate surface area is 73.6 Å². The molecule has 0 saturated carbocycles. The van der Waals surface area contributed by atoms with Crippen LogP contribution in [0.1, 0.15) is 17.7 Å². The lowest BCUT2D eigenvalue weighted by atomic mass is 10.2. The van der Waals surface area contributed by atoms with Crippen molar-refractivity contribution in [1.29, 1.82) is 5.26 Å². The van der Waals surface area contributed by atoms with Crippen LogP contribution in [0.25, 0.3) is 0 Å². The number of nitriles is 1.